The maximum atomic E-state index is 4.03. The molecule has 0 amide bonds. The molecule has 0 N–H and O–H groups in total. The van der Waals surface area contributed by atoms with Gasteiger partial charge in [0.15, 0.2) is 0 Å². The summed E-state index contributed by atoms with van der Waals surface area (Å²) in [6, 6.07) is 5.70. The van der Waals surface area contributed by atoms with Crippen molar-refractivity contribution in [2.24, 2.45) is 0 Å². The van der Waals surface area contributed by atoms with Gasteiger partial charge in [-0.25, -0.2) is 4.98 Å². The van der Waals surface area contributed by atoms with Crippen molar-refractivity contribution in [1.29, 1.82) is 0 Å². The fraction of sp³-hybridized carbons (Fsp3) is 0.125. The van der Waals surface area contributed by atoms with Crippen LogP contribution >= 0.6 is 11.8 Å². The fourth-order valence-corrected chi connectivity index (χ4v) is 0.747. The van der Waals surface area contributed by atoms with Gasteiger partial charge >= 0.3 is 0 Å². The van der Waals surface area contributed by atoms with Crippen LogP contribution in [0, 0.1) is 11.2 Å². The molecule has 50 valence electrons. The van der Waals surface area contributed by atoms with Gasteiger partial charge in [-0.2, -0.15) is 0 Å². The molecule has 1 nitrogen and oxygen atoms in total. The van der Waals surface area contributed by atoms with Gasteiger partial charge in [0.2, 0.25) is 0 Å². The molecular weight excluding hydrogens is 142 g/mol. The van der Waals surface area contributed by atoms with Crippen LogP contribution in [-0.2, 0) is 0 Å². The number of nitrogens with zero attached hydrogens (tertiary/aromatic N) is 1. The van der Waals surface area contributed by atoms with Gasteiger partial charge < -0.3 is 0 Å². The van der Waals surface area contributed by atoms with E-state index in [9.17, 15) is 0 Å². The molecule has 0 aliphatic carbocycles. The second-order valence-electron chi connectivity index (χ2n) is 1.65. The van der Waals surface area contributed by atoms with Gasteiger partial charge in [0.05, 0.1) is 0 Å². The highest BCUT2D eigenvalue weighted by Crippen LogP contribution is 1.91. The van der Waals surface area contributed by atoms with Crippen LogP contribution in [0.5, 0.6) is 0 Å². The molecule has 1 heterocycles. The predicted octanol–water partition coefficient (Wildman–Crippen LogP) is 1.75. The number of aromatic nitrogens is 1. The number of pyridine rings is 1. The summed E-state index contributed by atoms with van der Waals surface area (Å²) in [6.45, 7) is 0. The highest BCUT2D eigenvalue weighted by Gasteiger charge is 1.80. The molecule has 1 aromatic heterocycles. The van der Waals surface area contributed by atoms with Crippen LogP contribution in [0.2, 0.25) is 0 Å². The molecule has 1 aromatic rings. The van der Waals surface area contributed by atoms with Crippen molar-refractivity contribution in [2.75, 3.05) is 6.26 Å². The number of rotatable bonds is 0. The summed E-state index contributed by atoms with van der Waals surface area (Å²) in [4.78, 5) is 4.03. The van der Waals surface area contributed by atoms with E-state index in [2.05, 4.69) is 16.2 Å². The average Bonchev–Trinajstić information content (AvgIpc) is 2.03. The smallest absolute Gasteiger partial charge is 0.114 e. The lowest BCUT2D eigenvalue weighted by atomic mass is 10.4. The van der Waals surface area contributed by atoms with E-state index in [1.165, 1.54) is 11.8 Å². The molecule has 0 aromatic carbocycles. The van der Waals surface area contributed by atoms with Crippen molar-refractivity contribution in [3.63, 3.8) is 0 Å². The van der Waals surface area contributed by atoms with E-state index in [1.54, 1.807) is 6.20 Å². The second kappa shape index (κ2) is 3.97. The fourth-order valence-electron chi connectivity index (χ4n) is 0.540. The van der Waals surface area contributed by atoms with Gasteiger partial charge in [0.25, 0.3) is 0 Å². The summed E-state index contributed by atoms with van der Waals surface area (Å²) in [6.07, 6.45) is 3.68. The van der Waals surface area contributed by atoms with E-state index in [-0.39, 0.29) is 0 Å². The van der Waals surface area contributed by atoms with Gasteiger partial charge in [-0.3, -0.25) is 0 Å². The van der Waals surface area contributed by atoms with Gasteiger partial charge in [-0.05, 0) is 29.6 Å². The highest BCUT2D eigenvalue weighted by molar-refractivity contribution is 8.03. The van der Waals surface area contributed by atoms with E-state index in [0.29, 0.717) is 0 Å². The Labute approximate surface area is 64.9 Å². The first kappa shape index (κ1) is 7.17. The molecule has 0 saturated carbocycles. The molecule has 0 unspecified atom stereocenters. The predicted molar refractivity (Wildman–Crippen MR) is 44.6 cm³/mol. The summed E-state index contributed by atoms with van der Waals surface area (Å²) >= 11 is 1.50. The maximum Gasteiger partial charge on any atom is 0.114 e. The molecule has 0 saturated heterocycles. The summed E-state index contributed by atoms with van der Waals surface area (Å²) in [7, 11) is 0. The minimum absolute atomic E-state index is 0.830. The number of hydrogen-bond acceptors (Lipinski definition) is 2. The topological polar surface area (TPSA) is 12.9 Å². The Morgan fingerprint density at radius 1 is 1.50 bits per heavy atom. The van der Waals surface area contributed by atoms with Gasteiger partial charge in [0, 0.05) is 6.20 Å². The molecule has 1 rings (SSSR count). The van der Waals surface area contributed by atoms with Crippen molar-refractivity contribution in [3.8, 4) is 11.2 Å². The van der Waals surface area contributed by atoms with Crippen molar-refractivity contribution in [2.45, 2.75) is 0 Å². The molecule has 0 atom stereocenters. The minimum Gasteiger partial charge on any atom is -0.248 e. The Hall–Kier alpha value is -0.940. The van der Waals surface area contributed by atoms with Gasteiger partial charge in [0.1, 0.15) is 5.69 Å². The third kappa shape index (κ3) is 2.12. The number of thioether (sulfide) groups is 1. The van der Waals surface area contributed by atoms with Crippen molar-refractivity contribution < 1.29 is 0 Å². The minimum atomic E-state index is 0.830. The summed E-state index contributed by atoms with van der Waals surface area (Å²) < 4.78 is 0. The van der Waals surface area contributed by atoms with Crippen molar-refractivity contribution in [1.82, 2.24) is 4.98 Å². The Morgan fingerprint density at radius 2 is 2.40 bits per heavy atom. The molecule has 0 spiro atoms. The SMILES string of the molecule is CSC#Cc1ccccn1. The molecule has 0 aliphatic heterocycles. The second-order valence-corrected chi connectivity index (χ2v) is 2.26. The Balaban J connectivity index is 2.76. The van der Waals surface area contributed by atoms with Crippen LogP contribution in [0.15, 0.2) is 24.4 Å². The molecule has 2 heteroatoms. The zero-order valence-electron chi connectivity index (χ0n) is 5.66. The quantitative estimate of drug-likeness (QED) is 0.521. The lowest BCUT2D eigenvalue weighted by Gasteiger charge is -1.83. The van der Waals surface area contributed by atoms with Crippen LogP contribution in [0.4, 0.5) is 0 Å². The summed E-state index contributed by atoms with van der Waals surface area (Å²) in [5.74, 6) is 2.90. The van der Waals surface area contributed by atoms with Crippen LogP contribution in [0.1, 0.15) is 5.69 Å². The molecule has 10 heavy (non-hydrogen) atoms. The number of hydrogen-bond donors (Lipinski definition) is 0. The molecule has 0 aliphatic rings. The highest BCUT2D eigenvalue weighted by atomic mass is 32.2. The van der Waals surface area contributed by atoms with Crippen LogP contribution in [0.3, 0.4) is 0 Å². The van der Waals surface area contributed by atoms with Crippen molar-refractivity contribution >= 4 is 11.8 Å². The van der Waals surface area contributed by atoms with E-state index in [1.807, 2.05) is 24.5 Å². The summed E-state index contributed by atoms with van der Waals surface area (Å²) in [5.41, 5.74) is 0.830. The van der Waals surface area contributed by atoms with Crippen LogP contribution in [-0.4, -0.2) is 11.2 Å². The molecule has 0 fully saturated rings. The Kier molecular flexibility index (Phi) is 2.85. The average molecular weight is 149 g/mol. The largest absolute Gasteiger partial charge is 0.248 e. The summed E-state index contributed by atoms with van der Waals surface area (Å²) in [5, 5.41) is 2.87. The molecule has 0 radical (unpaired) electrons. The van der Waals surface area contributed by atoms with Gasteiger partial charge in [-0.1, -0.05) is 17.8 Å². The van der Waals surface area contributed by atoms with E-state index >= 15 is 0 Å². The Morgan fingerprint density at radius 3 is 3.00 bits per heavy atom. The monoisotopic (exact) mass is 149 g/mol. The normalized spacial score (nSPS) is 8.10. The standard InChI is InChI=1S/C8H7NS/c1-10-7-5-8-4-2-3-6-9-8/h2-4,6H,1H3. The Bertz CT molecular complexity index is 245. The van der Waals surface area contributed by atoms with Crippen LogP contribution in [0.25, 0.3) is 0 Å². The first-order valence-corrected chi connectivity index (χ1v) is 4.11. The first-order chi connectivity index (χ1) is 4.93. The van der Waals surface area contributed by atoms with E-state index in [0.717, 1.165) is 5.69 Å². The van der Waals surface area contributed by atoms with Crippen LogP contribution < -0.4 is 0 Å². The van der Waals surface area contributed by atoms with Crippen molar-refractivity contribution in [3.05, 3.63) is 30.1 Å². The van der Waals surface area contributed by atoms with Gasteiger partial charge in [-0.15, -0.1) is 0 Å². The third-order valence-electron chi connectivity index (χ3n) is 0.946. The zero-order chi connectivity index (χ0) is 7.23. The molecular formula is C8H7NS. The zero-order valence-corrected chi connectivity index (χ0v) is 6.48. The van der Waals surface area contributed by atoms with E-state index < -0.39 is 0 Å². The maximum absolute atomic E-state index is 4.03. The first-order valence-electron chi connectivity index (χ1n) is 2.88. The lowest BCUT2D eigenvalue weighted by Crippen LogP contribution is -1.76. The third-order valence-corrected chi connectivity index (χ3v) is 1.25. The lowest BCUT2D eigenvalue weighted by molar-refractivity contribution is 1.29. The molecule has 0 bridgehead atoms. The van der Waals surface area contributed by atoms with E-state index in [4.69, 9.17) is 0 Å².